The fraction of sp³-hybridized carbons (Fsp3) is 0.316. The van der Waals surface area contributed by atoms with E-state index in [4.69, 9.17) is 0 Å². The molecule has 0 bridgehead atoms. The van der Waals surface area contributed by atoms with Crippen molar-refractivity contribution in [3.05, 3.63) is 54.5 Å². The minimum Gasteiger partial charge on any atom is -0.310 e. The van der Waals surface area contributed by atoms with E-state index in [9.17, 15) is 0 Å². The predicted octanol–water partition coefficient (Wildman–Crippen LogP) is 3.72. The van der Waals surface area contributed by atoms with E-state index in [0.29, 0.717) is 6.04 Å². The van der Waals surface area contributed by atoms with Crippen LogP contribution in [0.25, 0.3) is 22.3 Å². The number of hydrogen-bond acceptors (Lipinski definition) is 4. The maximum Gasteiger partial charge on any atom is 0.107 e. The molecule has 0 aliphatic heterocycles. The lowest BCUT2D eigenvalue weighted by atomic mass is 10.1. The molecule has 4 heteroatoms. The van der Waals surface area contributed by atoms with Crippen LogP contribution in [0.4, 0.5) is 0 Å². The normalized spacial score (nSPS) is 15.3. The highest BCUT2D eigenvalue weighted by Gasteiger charge is 2.13. The monoisotopic (exact) mass is 304 g/mol. The van der Waals surface area contributed by atoms with E-state index in [1.807, 2.05) is 6.07 Å². The lowest BCUT2D eigenvalue weighted by molar-refractivity contribution is 0.524. The number of nitrogens with zero attached hydrogens (tertiary/aromatic N) is 3. The second kappa shape index (κ2) is 6.42. The fourth-order valence-electron chi connectivity index (χ4n) is 3.26. The Morgan fingerprint density at radius 3 is 2.65 bits per heavy atom. The molecule has 0 saturated heterocycles. The number of pyridine rings is 1. The molecule has 0 amide bonds. The summed E-state index contributed by atoms with van der Waals surface area (Å²) < 4.78 is 0. The van der Waals surface area contributed by atoms with Crippen LogP contribution in [0.5, 0.6) is 0 Å². The lowest BCUT2D eigenvalue weighted by Crippen LogP contribution is -2.25. The van der Waals surface area contributed by atoms with Crippen LogP contribution in [0.2, 0.25) is 0 Å². The number of hydrogen-bond donors (Lipinski definition) is 1. The van der Waals surface area contributed by atoms with Gasteiger partial charge in [-0.05, 0) is 30.5 Å². The summed E-state index contributed by atoms with van der Waals surface area (Å²) in [6.07, 6.45) is 10.5. The van der Waals surface area contributed by atoms with E-state index < -0.39 is 0 Å². The molecule has 2 heterocycles. The number of benzene rings is 1. The number of fused-ring (bicyclic) bond motifs is 1. The molecule has 116 valence electrons. The smallest absolute Gasteiger partial charge is 0.107 e. The van der Waals surface area contributed by atoms with Gasteiger partial charge in [0.1, 0.15) is 5.52 Å². The largest absolute Gasteiger partial charge is 0.310 e. The highest BCUT2D eigenvalue weighted by Crippen LogP contribution is 2.22. The molecular weight excluding hydrogens is 284 g/mol. The SMILES string of the molecule is c1cc(CNC2CCCC2)cc(-c2cc3nccnc3cn2)c1. The Kier molecular flexibility index (Phi) is 3.99. The molecule has 1 N–H and O–H groups in total. The Balaban J connectivity index is 1.56. The summed E-state index contributed by atoms with van der Waals surface area (Å²) in [7, 11) is 0. The maximum absolute atomic E-state index is 4.53. The molecule has 1 aromatic carbocycles. The standard InChI is InChI=1S/C19H20N4/c1-2-7-16(6-1)22-12-14-4-3-5-15(10-14)17-11-18-19(13-23-17)21-9-8-20-18/h3-5,8-11,13,16,22H,1-2,6-7,12H2. The fourth-order valence-corrected chi connectivity index (χ4v) is 3.26. The van der Waals surface area contributed by atoms with Gasteiger partial charge in [0, 0.05) is 30.5 Å². The minimum atomic E-state index is 0.688. The first-order chi connectivity index (χ1) is 11.4. The third-order valence-electron chi connectivity index (χ3n) is 4.53. The zero-order chi connectivity index (χ0) is 15.5. The molecule has 1 aliphatic rings. The summed E-state index contributed by atoms with van der Waals surface area (Å²) in [6.45, 7) is 0.923. The van der Waals surface area contributed by atoms with Crippen molar-refractivity contribution in [2.24, 2.45) is 0 Å². The molecule has 2 aromatic heterocycles. The van der Waals surface area contributed by atoms with Crippen LogP contribution >= 0.6 is 0 Å². The van der Waals surface area contributed by atoms with Gasteiger partial charge in [-0.15, -0.1) is 0 Å². The average Bonchev–Trinajstić information content (AvgIpc) is 3.13. The Bertz CT molecular complexity index is 809. The molecule has 4 nitrogen and oxygen atoms in total. The zero-order valence-electron chi connectivity index (χ0n) is 13.1. The summed E-state index contributed by atoms with van der Waals surface area (Å²) in [4.78, 5) is 13.2. The van der Waals surface area contributed by atoms with Crippen LogP contribution in [0.15, 0.2) is 48.9 Å². The van der Waals surface area contributed by atoms with Crippen LogP contribution < -0.4 is 5.32 Å². The first kappa shape index (κ1) is 14.3. The predicted molar refractivity (Wildman–Crippen MR) is 91.9 cm³/mol. The molecule has 1 fully saturated rings. The average molecular weight is 304 g/mol. The second-order valence-corrected chi connectivity index (χ2v) is 6.18. The summed E-state index contributed by atoms with van der Waals surface area (Å²) >= 11 is 0. The molecule has 0 spiro atoms. The van der Waals surface area contributed by atoms with E-state index in [-0.39, 0.29) is 0 Å². The molecule has 1 aliphatic carbocycles. The van der Waals surface area contributed by atoms with Gasteiger partial charge in [0.25, 0.3) is 0 Å². The third kappa shape index (κ3) is 3.22. The molecule has 0 unspecified atom stereocenters. The molecule has 3 aromatic rings. The van der Waals surface area contributed by atoms with Crippen LogP contribution in [-0.4, -0.2) is 21.0 Å². The quantitative estimate of drug-likeness (QED) is 0.798. The first-order valence-corrected chi connectivity index (χ1v) is 8.28. The first-order valence-electron chi connectivity index (χ1n) is 8.28. The van der Waals surface area contributed by atoms with Gasteiger partial charge >= 0.3 is 0 Å². The van der Waals surface area contributed by atoms with E-state index in [0.717, 1.165) is 28.8 Å². The zero-order valence-corrected chi connectivity index (χ0v) is 13.1. The van der Waals surface area contributed by atoms with Crippen LogP contribution in [-0.2, 0) is 6.54 Å². The van der Waals surface area contributed by atoms with E-state index >= 15 is 0 Å². The molecule has 4 rings (SSSR count). The van der Waals surface area contributed by atoms with Gasteiger partial charge in [0.2, 0.25) is 0 Å². The highest BCUT2D eigenvalue weighted by molar-refractivity contribution is 5.78. The minimum absolute atomic E-state index is 0.688. The maximum atomic E-state index is 4.53. The Hall–Kier alpha value is -2.33. The van der Waals surface area contributed by atoms with Crippen molar-refractivity contribution >= 4 is 11.0 Å². The number of rotatable bonds is 4. The summed E-state index contributed by atoms with van der Waals surface area (Å²) in [5, 5.41) is 3.66. The van der Waals surface area contributed by atoms with Gasteiger partial charge < -0.3 is 5.32 Å². The van der Waals surface area contributed by atoms with Gasteiger partial charge in [0.15, 0.2) is 0 Å². The molecule has 0 atom stereocenters. The van der Waals surface area contributed by atoms with Crippen LogP contribution in [0, 0.1) is 0 Å². The Morgan fingerprint density at radius 1 is 0.957 bits per heavy atom. The van der Waals surface area contributed by atoms with Crippen molar-refractivity contribution < 1.29 is 0 Å². The Labute approximate surface area is 136 Å². The molecule has 1 saturated carbocycles. The topological polar surface area (TPSA) is 50.7 Å². The summed E-state index contributed by atoms with van der Waals surface area (Å²) in [6, 6.07) is 11.3. The molecule has 23 heavy (non-hydrogen) atoms. The molecular formula is C19H20N4. The van der Waals surface area contributed by atoms with Gasteiger partial charge in [-0.25, -0.2) is 0 Å². The lowest BCUT2D eigenvalue weighted by Gasteiger charge is -2.12. The van der Waals surface area contributed by atoms with E-state index in [1.165, 1.54) is 31.2 Å². The highest BCUT2D eigenvalue weighted by atomic mass is 14.9. The van der Waals surface area contributed by atoms with Gasteiger partial charge in [0.05, 0.1) is 17.4 Å². The second-order valence-electron chi connectivity index (χ2n) is 6.18. The van der Waals surface area contributed by atoms with Gasteiger partial charge in [-0.3, -0.25) is 15.0 Å². The van der Waals surface area contributed by atoms with Crippen LogP contribution in [0.3, 0.4) is 0 Å². The van der Waals surface area contributed by atoms with Gasteiger partial charge in [-0.1, -0.05) is 31.0 Å². The van der Waals surface area contributed by atoms with Crippen molar-refractivity contribution in [2.75, 3.05) is 0 Å². The number of nitrogens with one attached hydrogen (secondary N) is 1. The van der Waals surface area contributed by atoms with E-state index in [1.54, 1.807) is 18.6 Å². The van der Waals surface area contributed by atoms with E-state index in [2.05, 4.69) is 44.5 Å². The van der Waals surface area contributed by atoms with Crippen molar-refractivity contribution in [2.45, 2.75) is 38.3 Å². The number of aromatic nitrogens is 3. The summed E-state index contributed by atoms with van der Waals surface area (Å²) in [5.41, 5.74) is 5.08. The third-order valence-corrected chi connectivity index (χ3v) is 4.53. The molecule has 0 radical (unpaired) electrons. The van der Waals surface area contributed by atoms with Crippen molar-refractivity contribution in [3.8, 4) is 11.3 Å². The van der Waals surface area contributed by atoms with Crippen molar-refractivity contribution in [1.82, 2.24) is 20.3 Å². The summed E-state index contributed by atoms with van der Waals surface area (Å²) in [5.74, 6) is 0. The van der Waals surface area contributed by atoms with Gasteiger partial charge in [-0.2, -0.15) is 0 Å². The van der Waals surface area contributed by atoms with Crippen molar-refractivity contribution in [3.63, 3.8) is 0 Å². The Morgan fingerprint density at radius 2 is 1.78 bits per heavy atom. The van der Waals surface area contributed by atoms with Crippen molar-refractivity contribution in [1.29, 1.82) is 0 Å². The van der Waals surface area contributed by atoms with Crippen LogP contribution in [0.1, 0.15) is 31.2 Å².